The first-order valence-corrected chi connectivity index (χ1v) is 5.97. The standard InChI is InChI=1S/C9H11BrN2O2S/c1-3-14-9(13)12-11-6(2)7-4-5-8(10)15-7/h4-5H,3H2,1-2H3,(H,12,13)/b11-6-. The highest BCUT2D eigenvalue weighted by Crippen LogP contribution is 2.22. The lowest BCUT2D eigenvalue weighted by molar-refractivity contribution is 0.152. The molecule has 1 aromatic heterocycles. The molecule has 0 aromatic carbocycles. The Morgan fingerprint density at radius 3 is 2.93 bits per heavy atom. The Kier molecular flexibility index (Phi) is 4.77. The van der Waals surface area contributed by atoms with E-state index >= 15 is 0 Å². The molecule has 0 aliphatic rings. The van der Waals surface area contributed by atoms with Gasteiger partial charge in [-0.25, -0.2) is 10.2 Å². The minimum absolute atomic E-state index is 0.338. The van der Waals surface area contributed by atoms with Crippen LogP contribution in [0.1, 0.15) is 18.7 Å². The summed E-state index contributed by atoms with van der Waals surface area (Å²) in [5.41, 5.74) is 3.06. The Balaban J connectivity index is 2.56. The third-order valence-electron chi connectivity index (χ3n) is 1.52. The molecule has 0 unspecified atom stereocenters. The molecule has 0 fully saturated rings. The van der Waals surface area contributed by atoms with Crippen LogP contribution in [-0.4, -0.2) is 18.4 Å². The van der Waals surface area contributed by atoms with E-state index in [4.69, 9.17) is 0 Å². The summed E-state index contributed by atoms with van der Waals surface area (Å²) in [7, 11) is 0. The molecule has 0 radical (unpaired) electrons. The van der Waals surface area contributed by atoms with Gasteiger partial charge in [0.1, 0.15) is 0 Å². The van der Waals surface area contributed by atoms with Gasteiger partial charge in [0.05, 0.1) is 21.0 Å². The average molecular weight is 291 g/mol. The zero-order valence-electron chi connectivity index (χ0n) is 8.41. The molecule has 0 bridgehead atoms. The third kappa shape index (κ3) is 4.01. The normalized spacial score (nSPS) is 11.3. The topological polar surface area (TPSA) is 50.7 Å². The molecule has 0 spiro atoms. The van der Waals surface area contributed by atoms with Gasteiger partial charge in [0.15, 0.2) is 0 Å². The predicted molar refractivity (Wildman–Crippen MR) is 64.4 cm³/mol. The van der Waals surface area contributed by atoms with Crippen molar-refractivity contribution in [1.82, 2.24) is 5.43 Å². The van der Waals surface area contributed by atoms with E-state index in [-0.39, 0.29) is 0 Å². The van der Waals surface area contributed by atoms with Gasteiger partial charge >= 0.3 is 6.09 Å². The number of ether oxygens (including phenoxy) is 1. The summed E-state index contributed by atoms with van der Waals surface area (Å²) < 4.78 is 5.70. The fraction of sp³-hybridized carbons (Fsp3) is 0.333. The van der Waals surface area contributed by atoms with Crippen molar-refractivity contribution in [2.24, 2.45) is 5.10 Å². The maximum absolute atomic E-state index is 10.9. The molecule has 0 atom stereocenters. The first-order valence-electron chi connectivity index (χ1n) is 4.36. The molecule has 0 saturated carbocycles. The Morgan fingerprint density at radius 2 is 2.40 bits per heavy atom. The number of carbonyl (C=O) groups excluding carboxylic acids is 1. The maximum Gasteiger partial charge on any atom is 0.427 e. The summed E-state index contributed by atoms with van der Waals surface area (Å²) in [6.07, 6.45) is -0.535. The van der Waals surface area contributed by atoms with Gasteiger partial charge < -0.3 is 4.74 Å². The first-order chi connectivity index (χ1) is 7.13. The van der Waals surface area contributed by atoms with Crippen LogP contribution < -0.4 is 5.43 Å². The number of carbonyl (C=O) groups is 1. The summed E-state index contributed by atoms with van der Waals surface area (Å²) >= 11 is 4.91. The molecule has 0 aliphatic heterocycles. The van der Waals surface area contributed by atoms with Crippen molar-refractivity contribution in [1.29, 1.82) is 0 Å². The molecular formula is C9H11BrN2O2S. The van der Waals surface area contributed by atoms with Gasteiger partial charge in [0.2, 0.25) is 0 Å². The molecular weight excluding hydrogens is 280 g/mol. The van der Waals surface area contributed by atoms with Gasteiger partial charge in [-0.1, -0.05) is 0 Å². The van der Waals surface area contributed by atoms with Crippen molar-refractivity contribution in [2.75, 3.05) is 6.61 Å². The van der Waals surface area contributed by atoms with E-state index in [9.17, 15) is 4.79 Å². The number of nitrogens with zero attached hydrogens (tertiary/aromatic N) is 1. The van der Waals surface area contributed by atoms with Crippen molar-refractivity contribution in [3.63, 3.8) is 0 Å². The third-order valence-corrected chi connectivity index (χ3v) is 3.25. The summed E-state index contributed by atoms with van der Waals surface area (Å²) in [5, 5.41) is 3.91. The quantitative estimate of drug-likeness (QED) is 0.687. The molecule has 4 nitrogen and oxygen atoms in total. The SMILES string of the molecule is CCOC(=O)N/N=C(/C)c1ccc(Br)s1. The van der Waals surface area contributed by atoms with Gasteiger partial charge in [-0.2, -0.15) is 5.10 Å². The molecule has 0 aliphatic carbocycles. The van der Waals surface area contributed by atoms with Crippen LogP contribution in [0.5, 0.6) is 0 Å². The van der Waals surface area contributed by atoms with Crippen LogP contribution in [0.15, 0.2) is 21.0 Å². The van der Waals surface area contributed by atoms with Crippen LogP contribution in [0.3, 0.4) is 0 Å². The fourth-order valence-electron chi connectivity index (χ4n) is 0.857. The second kappa shape index (κ2) is 5.87. The monoisotopic (exact) mass is 290 g/mol. The van der Waals surface area contributed by atoms with Gasteiger partial charge in [0.25, 0.3) is 0 Å². The van der Waals surface area contributed by atoms with Gasteiger partial charge in [0, 0.05) is 0 Å². The highest BCUT2D eigenvalue weighted by atomic mass is 79.9. The molecule has 1 heterocycles. The zero-order valence-corrected chi connectivity index (χ0v) is 10.8. The summed E-state index contributed by atoms with van der Waals surface area (Å²) in [6, 6.07) is 3.86. The molecule has 82 valence electrons. The number of hydrogen-bond donors (Lipinski definition) is 1. The number of hydrazone groups is 1. The number of thiophene rings is 1. The Bertz CT molecular complexity index is 376. The lowest BCUT2D eigenvalue weighted by atomic mass is 10.3. The number of nitrogens with one attached hydrogen (secondary N) is 1. The number of hydrogen-bond acceptors (Lipinski definition) is 4. The minimum atomic E-state index is -0.535. The van der Waals surface area contributed by atoms with E-state index in [1.165, 1.54) is 0 Å². The molecule has 1 rings (SSSR count). The smallest absolute Gasteiger partial charge is 0.427 e. The zero-order chi connectivity index (χ0) is 11.3. The largest absolute Gasteiger partial charge is 0.449 e. The number of rotatable bonds is 3. The van der Waals surface area contributed by atoms with E-state index in [1.807, 2.05) is 19.1 Å². The van der Waals surface area contributed by atoms with Crippen LogP contribution in [0.2, 0.25) is 0 Å². The van der Waals surface area contributed by atoms with E-state index in [0.717, 1.165) is 14.4 Å². The van der Waals surface area contributed by atoms with E-state index in [0.29, 0.717) is 6.61 Å². The fourth-order valence-corrected chi connectivity index (χ4v) is 2.19. The Hall–Kier alpha value is -0.880. The molecule has 1 aromatic rings. The van der Waals surface area contributed by atoms with Crippen LogP contribution >= 0.6 is 27.3 Å². The van der Waals surface area contributed by atoms with E-state index in [1.54, 1.807) is 18.3 Å². The number of halogens is 1. The minimum Gasteiger partial charge on any atom is -0.449 e. The second-order valence-electron chi connectivity index (χ2n) is 2.63. The number of amides is 1. The maximum atomic E-state index is 10.9. The van der Waals surface area contributed by atoms with E-state index < -0.39 is 6.09 Å². The second-order valence-corrected chi connectivity index (χ2v) is 5.10. The highest BCUT2D eigenvalue weighted by molar-refractivity contribution is 9.11. The van der Waals surface area contributed by atoms with Crippen LogP contribution in [-0.2, 0) is 4.74 Å². The highest BCUT2D eigenvalue weighted by Gasteiger charge is 2.02. The average Bonchev–Trinajstić information content (AvgIpc) is 2.62. The lowest BCUT2D eigenvalue weighted by Crippen LogP contribution is -2.20. The summed E-state index contributed by atoms with van der Waals surface area (Å²) in [5.74, 6) is 0. The summed E-state index contributed by atoms with van der Waals surface area (Å²) in [4.78, 5) is 11.9. The van der Waals surface area contributed by atoms with Gasteiger partial charge in [-0.15, -0.1) is 11.3 Å². The van der Waals surface area contributed by atoms with Crippen molar-refractivity contribution < 1.29 is 9.53 Å². The van der Waals surface area contributed by atoms with Crippen molar-refractivity contribution in [2.45, 2.75) is 13.8 Å². The van der Waals surface area contributed by atoms with Gasteiger partial charge in [-0.3, -0.25) is 0 Å². The van der Waals surface area contributed by atoms with Crippen molar-refractivity contribution in [3.05, 3.63) is 20.8 Å². The predicted octanol–water partition coefficient (Wildman–Crippen LogP) is 2.98. The molecule has 1 amide bonds. The molecule has 15 heavy (non-hydrogen) atoms. The van der Waals surface area contributed by atoms with Crippen molar-refractivity contribution in [3.8, 4) is 0 Å². The lowest BCUT2D eigenvalue weighted by Gasteiger charge is -2.00. The molecule has 0 saturated heterocycles. The first kappa shape index (κ1) is 12.2. The van der Waals surface area contributed by atoms with Crippen LogP contribution in [0.4, 0.5) is 4.79 Å². The van der Waals surface area contributed by atoms with Crippen LogP contribution in [0.25, 0.3) is 0 Å². The Morgan fingerprint density at radius 1 is 1.67 bits per heavy atom. The van der Waals surface area contributed by atoms with Gasteiger partial charge in [-0.05, 0) is 41.9 Å². The molecule has 1 N–H and O–H groups in total. The summed E-state index contributed by atoms with van der Waals surface area (Å²) in [6.45, 7) is 3.90. The molecule has 6 heteroatoms. The van der Waals surface area contributed by atoms with Crippen LogP contribution in [0, 0.1) is 0 Å². The van der Waals surface area contributed by atoms with E-state index in [2.05, 4.69) is 31.2 Å². The Labute approximate surface area is 100 Å². The van der Waals surface area contributed by atoms with Crippen molar-refractivity contribution >= 4 is 39.1 Å².